The van der Waals surface area contributed by atoms with Crippen LogP contribution in [0.2, 0.25) is 0 Å². The molecule has 5 heteroatoms. The number of esters is 1. The molecule has 1 unspecified atom stereocenters. The molecule has 0 aromatic carbocycles. The Balaban J connectivity index is 3.78. The Labute approximate surface area is 132 Å². The summed E-state index contributed by atoms with van der Waals surface area (Å²) in [6.07, 6.45) is 8.95. The van der Waals surface area contributed by atoms with Gasteiger partial charge in [0.15, 0.2) is 0 Å². The second kappa shape index (κ2) is 11.0. The van der Waals surface area contributed by atoms with Crippen molar-refractivity contribution in [2.45, 2.75) is 74.9 Å². The third kappa shape index (κ3) is 8.27. The van der Waals surface area contributed by atoms with E-state index in [2.05, 4.69) is 6.92 Å². The van der Waals surface area contributed by atoms with E-state index in [0.29, 0.717) is 6.42 Å². The predicted molar refractivity (Wildman–Crippen MR) is 83.3 cm³/mol. The van der Waals surface area contributed by atoms with Crippen LogP contribution in [0, 0.1) is 0 Å². The first-order valence-electron chi connectivity index (χ1n) is 7.15. The van der Waals surface area contributed by atoms with Crippen LogP contribution in [-0.2, 0) is 9.53 Å². The summed E-state index contributed by atoms with van der Waals surface area (Å²) in [5.74, 6) is -0.652. The van der Waals surface area contributed by atoms with Crippen LogP contribution in [0.25, 0.3) is 0 Å². The molecule has 0 amide bonds. The molecule has 0 saturated heterocycles. The number of unbranched alkanes of at least 4 members (excludes halogenated alkanes) is 6. The van der Waals surface area contributed by atoms with Gasteiger partial charge in [0.25, 0.3) is 0 Å². The van der Waals surface area contributed by atoms with Crippen molar-refractivity contribution in [1.82, 2.24) is 0 Å². The summed E-state index contributed by atoms with van der Waals surface area (Å²) in [6, 6.07) is 0. The topological polar surface area (TPSA) is 26.3 Å². The lowest BCUT2D eigenvalue weighted by Crippen LogP contribution is -2.37. The van der Waals surface area contributed by atoms with Crippen LogP contribution in [-0.4, -0.2) is 22.3 Å². The molecule has 2 nitrogen and oxygen atoms in total. The summed E-state index contributed by atoms with van der Waals surface area (Å²) in [5, 5.41) is -0.606. The summed E-state index contributed by atoms with van der Waals surface area (Å²) < 4.78 is 3.17. The third-order valence-corrected chi connectivity index (χ3v) is 4.61. The highest BCUT2D eigenvalue weighted by Gasteiger charge is 2.42. The molecule has 0 aromatic rings. The van der Waals surface area contributed by atoms with E-state index in [1.807, 2.05) is 0 Å². The predicted octanol–water partition coefficient (Wildman–Crippen LogP) is 5.47. The van der Waals surface area contributed by atoms with E-state index >= 15 is 0 Å². The van der Waals surface area contributed by atoms with Crippen LogP contribution in [0.3, 0.4) is 0 Å². The Kier molecular flexibility index (Phi) is 11.2. The third-order valence-electron chi connectivity index (χ3n) is 3.00. The second-order valence-electron chi connectivity index (χ2n) is 4.72. The van der Waals surface area contributed by atoms with Crippen LogP contribution >= 0.6 is 34.8 Å². The van der Waals surface area contributed by atoms with Crippen LogP contribution in [0.4, 0.5) is 0 Å². The monoisotopic (exact) mass is 330 g/mol. The molecule has 0 saturated carbocycles. The molecule has 0 radical (unpaired) electrons. The minimum absolute atomic E-state index is 0.251. The van der Waals surface area contributed by atoms with Crippen molar-refractivity contribution < 1.29 is 9.53 Å². The van der Waals surface area contributed by atoms with Gasteiger partial charge in [-0.1, -0.05) is 75.1 Å². The fourth-order valence-corrected chi connectivity index (χ4v) is 2.39. The Morgan fingerprint density at radius 3 is 2.11 bits per heavy atom. The highest BCUT2D eigenvalue weighted by Crippen LogP contribution is 2.34. The normalized spacial score (nSPS) is 13.3. The lowest BCUT2D eigenvalue weighted by Gasteiger charge is -2.22. The van der Waals surface area contributed by atoms with Gasteiger partial charge in [0, 0.05) is 0 Å². The first-order chi connectivity index (χ1) is 8.96. The standard InChI is InChI=1S/C14H25Cl3O2/c1-3-5-6-7-8-9-10-11-12(15)14(16,17)13(18)19-4-2/h12H,3-11H2,1-2H3. The van der Waals surface area contributed by atoms with Crippen LogP contribution < -0.4 is 0 Å². The van der Waals surface area contributed by atoms with E-state index in [-0.39, 0.29) is 6.61 Å². The zero-order valence-electron chi connectivity index (χ0n) is 11.9. The van der Waals surface area contributed by atoms with Crippen molar-refractivity contribution in [3.05, 3.63) is 0 Å². The average Bonchev–Trinajstić information content (AvgIpc) is 2.37. The molecule has 0 spiro atoms. The largest absolute Gasteiger partial charge is 0.464 e. The van der Waals surface area contributed by atoms with Gasteiger partial charge in [-0.25, -0.2) is 4.79 Å². The number of hydrogen-bond donors (Lipinski definition) is 0. The molecule has 114 valence electrons. The van der Waals surface area contributed by atoms with Gasteiger partial charge < -0.3 is 4.74 Å². The summed E-state index contributed by atoms with van der Waals surface area (Å²) in [6.45, 7) is 4.16. The maximum Gasteiger partial charge on any atom is 0.344 e. The van der Waals surface area contributed by atoms with Crippen LogP contribution in [0.15, 0.2) is 0 Å². The second-order valence-corrected chi connectivity index (χ2v) is 6.63. The summed E-state index contributed by atoms with van der Waals surface area (Å²) >= 11 is 18.0. The molecule has 0 rings (SSSR count). The van der Waals surface area contributed by atoms with E-state index in [1.54, 1.807) is 6.92 Å². The van der Waals surface area contributed by atoms with Crippen molar-refractivity contribution in [3.63, 3.8) is 0 Å². The van der Waals surface area contributed by atoms with Crippen molar-refractivity contribution in [1.29, 1.82) is 0 Å². The highest BCUT2D eigenvalue weighted by atomic mass is 35.5. The minimum Gasteiger partial charge on any atom is -0.464 e. The fourth-order valence-electron chi connectivity index (χ4n) is 1.82. The molecule has 1 atom stereocenters. The van der Waals surface area contributed by atoms with Gasteiger partial charge in [-0.15, -0.1) is 11.6 Å². The maximum atomic E-state index is 11.5. The van der Waals surface area contributed by atoms with Gasteiger partial charge in [-0.05, 0) is 13.3 Å². The zero-order valence-corrected chi connectivity index (χ0v) is 14.2. The lowest BCUT2D eigenvalue weighted by molar-refractivity contribution is -0.144. The van der Waals surface area contributed by atoms with E-state index in [9.17, 15) is 4.79 Å². The quantitative estimate of drug-likeness (QED) is 0.285. The number of carbonyl (C=O) groups is 1. The number of halogens is 3. The van der Waals surface area contributed by atoms with Gasteiger partial charge in [0.05, 0.1) is 12.0 Å². The molecule has 0 aliphatic carbocycles. The molecule has 0 bridgehead atoms. The van der Waals surface area contributed by atoms with Crippen molar-refractivity contribution in [2.24, 2.45) is 0 Å². The van der Waals surface area contributed by atoms with E-state index in [4.69, 9.17) is 39.5 Å². The fraction of sp³-hybridized carbons (Fsp3) is 0.929. The first kappa shape index (κ1) is 19.3. The number of alkyl halides is 3. The Hall–Kier alpha value is 0.340. The Bertz CT molecular complexity index is 245. The molecule has 0 aromatic heterocycles. The summed E-state index contributed by atoms with van der Waals surface area (Å²) in [7, 11) is 0. The van der Waals surface area contributed by atoms with Gasteiger partial charge in [0.2, 0.25) is 4.33 Å². The van der Waals surface area contributed by atoms with E-state index in [0.717, 1.165) is 12.8 Å². The molecule has 19 heavy (non-hydrogen) atoms. The first-order valence-corrected chi connectivity index (χ1v) is 8.35. The molecular formula is C14H25Cl3O2. The zero-order chi connectivity index (χ0) is 14.7. The summed E-state index contributed by atoms with van der Waals surface area (Å²) in [5.41, 5.74) is 0. The van der Waals surface area contributed by atoms with Crippen LogP contribution in [0.5, 0.6) is 0 Å². The minimum atomic E-state index is -1.64. The molecule has 0 N–H and O–H groups in total. The van der Waals surface area contributed by atoms with Gasteiger partial charge in [0.1, 0.15) is 0 Å². The van der Waals surface area contributed by atoms with Gasteiger partial charge >= 0.3 is 5.97 Å². The SMILES string of the molecule is CCCCCCCCCC(Cl)C(Cl)(Cl)C(=O)OCC. The Morgan fingerprint density at radius 2 is 1.58 bits per heavy atom. The Morgan fingerprint density at radius 1 is 1.05 bits per heavy atom. The lowest BCUT2D eigenvalue weighted by atomic mass is 10.1. The molecule has 0 aliphatic heterocycles. The van der Waals surface area contributed by atoms with Gasteiger partial charge in [-0.2, -0.15) is 0 Å². The number of carbonyl (C=O) groups excluding carboxylic acids is 1. The molecule has 0 aliphatic rings. The van der Waals surface area contributed by atoms with Crippen molar-refractivity contribution >= 4 is 40.8 Å². The average molecular weight is 332 g/mol. The smallest absolute Gasteiger partial charge is 0.344 e. The number of rotatable bonds is 11. The molecule has 0 heterocycles. The van der Waals surface area contributed by atoms with Gasteiger partial charge in [-0.3, -0.25) is 0 Å². The number of hydrogen-bond acceptors (Lipinski definition) is 2. The van der Waals surface area contributed by atoms with E-state index in [1.165, 1.54) is 32.1 Å². The van der Waals surface area contributed by atoms with Crippen LogP contribution in [0.1, 0.15) is 65.2 Å². The summed E-state index contributed by atoms with van der Waals surface area (Å²) in [4.78, 5) is 11.5. The van der Waals surface area contributed by atoms with Crippen molar-refractivity contribution in [3.8, 4) is 0 Å². The van der Waals surface area contributed by atoms with E-state index < -0.39 is 15.7 Å². The highest BCUT2D eigenvalue weighted by molar-refractivity contribution is 6.60. The molecular weight excluding hydrogens is 307 g/mol. The van der Waals surface area contributed by atoms with Crippen molar-refractivity contribution in [2.75, 3.05) is 6.61 Å². The number of ether oxygens (including phenoxy) is 1. The maximum absolute atomic E-state index is 11.5. The molecule has 0 fully saturated rings.